The van der Waals surface area contributed by atoms with Gasteiger partial charge in [-0.25, -0.2) is 0 Å². The first-order chi connectivity index (χ1) is 9.12. The van der Waals surface area contributed by atoms with Gasteiger partial charge >= 0.3 is 0 Å². The van der Waals surface area contributed by atoms with Gasteiger partial charge in [-0.2, -0.15) is 0 Å². The first-order valence-corrected chi connectivity index (χ1v) is 6.01. The maximum absolute atomic E-state index is 10.8. The molecule has 7 nitrogen and oxygen atoms in total. The summed E-state index contributed by atoms with van der Waals surface area (Å²) in [5, 5.41) is 31.5. The molecule has 0 aliphatic heterocycles. The summed E-state index contributed by atoms with van der Waals surface area (Å²) < 4.78 is 0. The van der Waals surface area contributed by atoms with Crippen molar-refractivity contribution >= 4 is 11.4 Å². The van der Waals surface area contributed by atoms with Crippen LogP contribution >= 0.6 is 0 Å². The van der Waals surface area contributed by atoms with Crippen molar-refractivity contribution < 1.29 is 15.1 Å². The Morgan fingerprint density at radius 1 is 1.32 bits per heavy atom. The highest BCUT2D eigenvalue weighted by Crippen LogP contribution is 2.25. The third-order valence-electron chi connectivity index (χ3n) is 2.77. The molecule has 0 aromatic heterocycles. The number of nitrogens with zero attached hydrogens (tertiary/aromatic N) is 2. The van der Waals surface area contributed by atoms with Crippen molar-refractivity contribution in [1.29, 1.82) is 0 Å². The van der Waals surface area contributed by atoms with Gasteiger partial charge in [0.15, 0.2) is 0 Å². The molecule has 1 rings (SSSR count). The van der Waals surface area contributed by atoms with Crippen LogP contribution in [0, 0.1) is 10.1 Å². The van der Waals surface area contributed by atoms with Gasteiger partial charge in [0.2, 0.25) is 0 Å². The molecule has 1 aromatic rings. The van der Waals surface area contributed by atoms with E-state index in [0.29, 0.717) is 25.3 Å². The van der Waals surface area contributed by atoms with Gasteiger partial charge in [-0.3, -0.25) is 15.0 Å². The summed E-state index contributed by atoms with van der Waals surface area (Å²) in [4.78, 5) is 12.2. The highest BCUT2D eigenvalue weighted by molar-refractivity contribution is 5.62. The molecule has 0 amide bonds. The Morgan fingerprint density at radius 3 is 2.42 bits per heavy atom. The van der Waals surface area contributed by atoms with Crippen LogP contribution in [0.1, 0.15) is 5.56 Å². The van der Waals surface area contributed by atoms with Gasteiger partial charge < -0.3 is 15.5 Å². The largest absolute Gasteiger partial charge is 0.395 e. The average molecular weight is 269 g/mol. The molecular weight excluding hydrogens is 250 g/mol. The Balaban J connectivity index is 2.86. The van der Waals surface area contributed by atoms with Crippen LogP contribution in [0.25, 0.3) is 0 Å². The lowest BCUT2D eigenvalue weighted by Gasteiger charge is -2.20. The van der Waals surface area contributed by atoms with E-state index in [4.69, 9.17) is 10.2 Å². The van der Waals surface area contributed by atoms with E-state index in [0.717, 1.165) is 5.56 Å². The van der Waals surface area contributed by atoms with E-state index >= 15 is 0 Å². The second-order valence-electron chi connectivity index (χ2n) is 4.08. The summed E-state index contributed by atoms with van der Waals surface area (Å²) in [6.45, 7) is 1.43. The van der Waals surface area contributed by atoms with Crippen molar-refractivity contribution in [2.75, 3.05) is 38.7 Å². The van der Waals surface area contributed by atoms with Gasteiger partial charge in [-0.05, 0) is 11.6 Å². The third kappa shape index (κ3) is 4.47. The lowest BCUT2D eigenvalue weighted by Crippen LogP contribution is -2.29. The zero-order chi connectivity index (χ0) is 14.3. The summed E-state index contributed by atoms with van der Waals surface area (Å²) in [6, 6.07) is 4.85. The van der Waals surface area contributed by atoms with Crippen LogP contribution in [0.15, 0.2) is 18.2 Å². The number of rotatable bonds is 8. The first-order valence-electron chi connectivity index (χ1n) is 6.01. The Kier molecular flexibility index (Phi) is 6.20. The second-order valence-corrected chi connectivity index (χ2v) is 4.08. The van der Waals surface area contributed by atoms with Gasteiger partial charge in [0.25, 0.3) is 5.69 Å². The molecule has 0 unspecified atom stereocenters. The molecule has 0 aliphatic carbocycles. The number of nitrogens with one attached hydrogen (secondary N) is 1. The van der Waals surface area contributed by atoms with E-state index in [1.54, 1.807) is 19.2 Å². The molecule has 3 N–H and O–H groups in total. The van der Waals surface area contributed by atoms with Gasteiger partial charge in [0.05, 0.1) is 18.1 Å². The predicted molar refractivity (Wildman–Crippen MR) is 72.1 cm³/mol. The average Bonchev–Trinajstić information content (AvgIpc) is 2.38. The van der Waals surface area contributed by atoms with Gasteiger partial charge in [-0.1, -0.05) is 6.07 Å². The van der Waals surface area contributed by atoms with E-state index in [1.165, 1.54) is 6.07 Å². The van der Waals surface area contributed by atoms with E-state index in [9.17, 15) is 10.1 Å². The van der Waals surface area contributed by atoms with Crippen LogP contribution in [-0.2, 0) is 6.54 Å². The molecule has 0 radical (unpaired) electrons. The van der Waals surface area contributed by atoms with Crippen molar-refractivity contribution in [2.45, 2.75) is 6.54 Å². The number of hydrogen-bond donors (Lipinski definition) is 3. The molecule has 0 saturated heterocycles. The number of aliphatic hydroxyl groups is 2. The van der Waals surface area contributed by atoms with Crippen LogP contribution in [0.3, 0.4) is 0 Å². The Morgan fingerprint density at radius 2 is 1.95 bits per heavy atom. The quantitative estimate of drug-likeness (QED) is 0.467. The fourth-order valence-corrected chi connectivity index (χ4v) is 1.85. The van der Waals surface area contributed by atoms with E-state index in [-0.39, 0.29) is 18.9 Å². The van der Waals surface area contributed by atoms with Crippen molar-refractivity contribution in [3.8, 4) is 0 Å². The number of nitro benzene ring substituents is 1. The van der Waals surface area contributed by atoms with Crippen molar-refractivity contribution in [3.05, 3.63) is 33.9 Å². The number of anilines is 1. The standard InChI is InChI=1S/C12H19N3O4/c1-13-11-8-10(2-3-12(11)15(18)19)9-14(4-6-16)5-7-17/h2-3,8,13,16-17H,4-7,9H2,1H3. The minimum Gasteiger partial charge on any atom is -0.395 e. The van der Waals surface area contributed by atoms with Gasteiger partial charge in [0, 0.05) is 32.7 Å². The van der Waals surface area contributed by atoms with E-state index in [2.05, 4.69) is 5.32 Å². The monoisotopic (exact) mass is 269 g/mol. The topological polar surface area (TPSA) is 98.9 Å². The van der Waals surface area contributed by atoms with Crippen LogP contribution in [0.2, 0.25) is 0 Å². The molecule has 106 valence electrons. The maximum atomic E-state index is 10.8. The van der Waals surface area contributed by atoms with Crippen molar-refractivity contribution in [2.24, 2.45) is 0 Å². The summed E-state index contributed by atoms with van der Waals surface area (Å²) in [7, 11) is 1.63. The molecule has 0 spiro atoms. The Hall–Kier alpha value is -1.70. The highest BCUT2D eigenvalue weighted by Gasteiger charge is 2.14. The minimum absolute atomic E-state index is 0.00582. The summed E-state index contributed by atoms with van der Waals surface area (Å²) in [6.07, 6.45) is 0. The van der Waals surface area contributed by atoms with Crippen LogP contribution in [-0.4, -0.2) is 53.4 Å². The van der Waals surface area contributed by atoms with Gasteiger partial charge in [-0.15, -0.1) is 0 Å². The molecule has 0 bridgehead atoms. The number of aliphatic hydroxyl groups excluding tert-OH is 2. The maximum Gasteiger partial charge on any atom is 0.292 e. The van der Waals surface area contributed by atoms with Crippen LogP contribution < -0.4 is 5.32 Å². The lowest BCUT2D eigenvalue weighted by atomic mass is 10.1. The molecule has 1 aromatic carbocycles. The Labute approximate surface area is 111 Å². The smallest absolute Gasteiger partial charge is 0.292 e. The SMILES string of the molecule is CNc1cc(CN(CCO)CCO)ccc1[N+](=O)[O-]. The molecular formula is C12H19N3O4. The molecule has 0 fully saturated rings. The summed E-state index contributed by atoms with van der Waals surface area (Å²) in [5.41, 5.74) is 1.37. The Bertz CT molecular complexity index is 419. The van der Waals surface area contributed by atoms with Crippen LogP contribution in [0.5, 0.6) is 0 Å². The molecule has 0 saturated carbocycles. The van der Waals surface area contributed by atoms with Gasteiger partial charge in [0.1, 0.15) is 5.69 Å². The zero-order valence-electron chi connectivity index (χ0n) is 10.9. The third-order valence-corrected chi connectivity index (χ3v) is 2.77. The number of hydrogen-bond acceptors (Lipinski definition) is 6. The highest BCUT2D eigenvalue weighted by atomic mass is 16.6. The zero-order valence-corrected chi connectivity index (χ0v) is 10.9. The van der Waals surface area contributed by atoms with Crippen LogP contribution in [0.4, 0.5) is 11.4 Å². The van der Waals surface area contributed by atoms with Crippen molar-refractivity contribution in [1.82, 2.24) is 4.90 Å². The van der Waals surface area contributed by atoms with E-state index in [1.807, 2.05) is 4.90 Å². The molecule has 0 atom stereocenters. The number of benzene rings is 1. The lowest BCUT2D eigenvalue weighted by molar-refractivity contribution is -0.384. The predicted octanol–water partition coefficient (Wildman–Crippen LogP) is 0.423. The normalized spacial score (nSPS) is 10.7. The molecule has 19 heavy (non-hydrogen) atoms. The molecule has 7 heteroatoms. The fraction of sp³-hybridized carbons (Fsp3) is 0.500. The first kappa shape index (κ1) is 15.4. The second kappa shape index (κ2) is 7.67. The van der Waals surface area contributed by atoms with E-state index < -0.39 is 4.92 Å². The molecule has 0 heterocycles. The fourth-order valence-electron chi connectivity index (χ4n) is 1.85. The minimum atomic E-state index is -0.436. The summed E-state index contributed by atoms with van der Waals surface area (Å²) in [5.74, 6) is 0. The van der Waals surface area contributed by atoms with Crippen molar-refractivity contribution in [3.63, 3.8) is 0 Å². The summed E-state index contributed by atoms with van der Waals surface area (Å²) >= 11 is 0. The number of nitro groups is 1. The molecule has 0 aliphatic rings.